The molecule has 0 bridgehead atoms. The summed E-state index contributed by atoms with van der Waals surface area (Å²) < 4.78 is 24.1. The number of nitrogen functional groups attached to an aromatic ring is 1. The van der Waals surface area contributed by atoms with Crippen LogP contribution in [0.25, 0.3) is 0 Å². The van der Waals surface area contributed by atoms with Crippen LogP contribution >= 0.6 is 0 Å². The summed E-state index contributed by atoms with van der Waals surface area (Å²) in [5.74, 6) is 0. The van der Waals surface area contributed by atoms with E-state index in [4.69, 9.17) is 11.0 Å². The van der Waals surface area contributed by atoms with Crippen LogP contribution in [0.2, 0.25) is 0 Å². The molecule has 1 aromatic heterocycles. The predicted octanol–water partition coefficient (Wildman–Crippen LogP) is 0.766. The number of alkyl halides is 2. The van der Waals surface area contributed by atoms with Crippen LogP contribution in [-0.4, -0.2) is 4.98 Å². The third-order valence-corrected chi connectivity index (χ3v) is 1.44. The van der Waals surface area contributed by atoms with Gasteiger partial charge < -0.3 is 10.7 Å². The molecule has 0 atom stereocenters. The van der Waals surface area contributed by atoms with E-state index in [1.165, 1.54) is 6.07 Å². The van der Waals surface area contributed by atoms with E-state index < -0.39 is 17.5 Å². The Kier molecular flexibility index (Phi) is 2.28. The van der Waals surface area contributed by atoms with Crippen LogP contribution in [0.15, 0.2) is 10.9 Å². The number of aromatic nitrogens is 1. The fourth-order valence-corrected chi connectivity index (χ4v) is 0.796. The molecule has 0 aliphatic rings. The standard InChI is InChI=1S/C7H5F2N3O/c8-7(9)3-1-5(13)6(11)4(2-10)12-3/h1,7H,11H2,(H,12,13). The molecule has 68 valence electrons. The number of rotatable bonds is 1. The highest BCUT2D eigenvalue weighted by molar-refractivity contribution is 5.49. The maximum Gasteiger partial charge on any atom is 0.278 e. The topological polar surface area (TPSA) is 82.7 Å². The van der Waals surface area contributed by atoms with Gasteiger partial charge in [-0.3, -0.25) is 4.79 Å². The zero-order chi connectivity index (χ0) is 10.0. The van der Waals surface area contributed by atoms with Crippen molar-refractivity contribution < 1.29 is 8.78 Å². The van der Waals surface area contributed by atoms with Crippen LogP contribution < -0.4 is 11.2 Å². The molecule has 0 radical (unpaired) electrons. The summed E-state index contributed by atoms with van der Waals surface area (Å²) in [7, 11) is 0. The van der Waals surface area contributed by atoms with Crippen molar-refractivity contribution in [2.75, 3.05) is 5.73 Å². The van der Waals surface area contributed by atoms with E-state index in [1.807, 2.05) is 0 Å². The largest absolute Gasteiger partial charge is 0.393 e. The second kappa shape index (κ2) is 3.23. The van der Waals surface area contributed by atoms with E-state index >= 15 is 0 Å². The van der Waals surface area contributed by atoms with Gasteiger partial charge in [0.1, 0.15) is 17.5 Å². The summed E-state index contributed by atoms with van der Waals surface area (Å²) in [4.78, 5) is 13.0. The molecule has 0 aliphatic carbocycles. The quantitative estimate of drug-likeness (QED) is 0.677. The molecule has 1 rings (SSSR count). The molecule has 1 heterocycles. The van der Waals surface area contributed by atoms with Crippen LogP contribution in [-0.2, 0) is 0 Å². The first-order chi connectivity index (χ1) is 6.06. The SMILES string of the molecule is N#Cc1[nH]c(C(F)F)cc(=O)c1N. The molecule has 0 aromatic carbocycles. The van der Waals surface area contributed by atoms with Crippen molar-refractivity contribution in [3.8, 4) is 6.07 Å². The molecule has 0 amide bonds. The lowest BCUT2D eigenvalue weighted by atomic mass is 10.2. The van der Waals surface area contributed by atoms with E-state index in [2.05, 4.69) is 4.98 Å². The lowest BCUT2D eigenvalue weighted by Crippen LogP contribution is -2.13. The van der Waals surface area contributed by atoms with E-state index in [0.717, 1.165) is 0 Å². The third-order valence-electron chi connectivity index (χ3n) is 1.44. The number of anilines is 1. The predicted molar refractivity (Wildman–Crippen MR) is 41.1 cm³/mol. The average molecular weight is 185 g/mol. The fourth-order valence-electron chi connectivity index (χ4n) is 0.796. The Labute approximate surface area is 71.6 Å². The van der Waals surface area contributed by atoms with Gasteiger partial charge in [0.2, 0.25) is 5.43 Å². The van der Waals surface area contributed by atoms with Gasteiger partial charge in [0.05, 0.1) is 5.69 Å². The van der Waals surface area contributed by atoms with Gasteiger partial charge in [-0.05, 0) is 0 Å². The number of pyridine rings is 1. The molecule has 0 unspecified atom stereocenters. The maximum absolute atomic E-state index is 12.1. The Balaban J connectivity index is 3.42. The van der Waals surface area contributed by atoms with Crippen molar-refractivity contribution in [1.82, 2.24) is 4.98 Å². The van der Waals surface area contributed by atoms with Gasteiger partial charge in [0.15, 0.2) is 0 Å². The lowest BCUT2D eigenvalue weighted by molar-refractivity contribution is 0.146. The number of hydrogen-bond acceptors (Lipinski definition) is 3. The van der Waals surface area contributed by atoms with Crippen molar-refractivity contribution in [2.45, 2.75) is 6.43 Å². The second-order valence-electron chi connectivity index (χ2n) is 2.29. The van der Waals surface area contributed by atoms with Crippen molar-refractivity contribution in [3.63, 3.8) is 0 Å². The molecule has 1 aromatic rings. The Morgan fingerprint density at radius 2 is 2.23 bits per heavy atom. The highest BCUT2D eigenvalue weighted by Gasteiger charge is 2.12. The third kappa shape index (κ3) is 1.64. The van der Waals surface area contributed by atoms with Gasteiger partial charge in [0.25, 0.3) is 6.43 Å². The summed E-state index contributed by atoms with van der Waals surface area (Å²) >= 11 is 0. The Morgan fingerprint density at radius 1 is 1.62 bits per heavy atom. The number of nitriles is 1. The Hall–Kier alpha value is -1.90. The Morgan fingerprint density at radius 3 is 2.69 bits per heavy atom. The highest BCUT2D eigenvalue weighted by Crippen LogP contribution is 2.15. The summed E-state index contributed by atoms with van der Waals surface area (Å²) in [6, 6.07) is 2.20. The molecule has 0 fully saturated rings. The number of aromatic amines is 1. The van der Waals surface area contributed by atoms with E-state index in [1.54, 1.807) is 0 Å². The number of hydrogen-bond donors (Lipinski definition) is 2. The van der Waals surface area contributed by atoms with Gasteiger partial charge >= 0.3 is 0 Å². The zero-order valence-electron chi connectivity index (χ0n) is 6.34. The van der Waals surface area contributed by atoms with E-state index in [9.17, 15) is 13.6 Å². The fraction of sp³-hybridized carbons (Fsp3) is 0.143. The molecule has 0 spiro atoms. The van der Waals surface area contributed by atoms with E-state index in [0.29, 0.717) is 6.07 Å². The van der Waals surface area contributed by atoms with Gasteiger partial charge in [-0.25, -0.2) is 8.78 Å². The second-order valence-corrected chi connectivity index (χ2v) is 2.29. The van der Waals surface area contributed by atoms with Gasteiger partial charge in [-0.15, -0.1) is 0 Å². The van der Waals surface area contributed by atoms with Gasteiger partial charge in [0, 0.05) is 6.07 Å². The maximum atomic E-state index is 12.1. The minimum atomic E-state index is -2.82. The zero-order valence-corrected chi connectivity index (χ0v) is 6.34. The summed E-state index contributed by atoms with van der Waals surface area (Å²) in [6.45, 7) is 0. The summed E-state index contributed by atoms with van der Waals surface area (Å²) in [6.07, 6.45) is -2.82. The Bertz CT molecular complexity index is 419. The molecule has 6 heteroatoms. The van der Waals surface area contributed by atoms with Crippen LogP contribution in [0.3, 0.4) is 0 Å². The first kappa shape index (κ1) is 9.19. The van der Waals surface area contributed by atoms with Crippen LogP contribution in [0.5, 0.6) is 0 Å². The number of nitrogens with one attached hydrogen (secondary N) is 1. The molecular weight excluding hydrogens is 180 g/mol. The molecular formula is C7H5F2N3O. The number of halogens is 2. The average Bonchev–Trinajstić information content (AvgIpc) is 2.09. The summed E-state index contributed by atoms with van der Waals surface area (Å²) in [5.41, 5.74) is 3.11. The minimum absolute atomic E-state index is 0.331. The van der Waals surface area contributed by atoms with Crippen molar-refractivity contribution in [3.05, 3.63) is 27.7 Å². The van der Waals surface area contributed by atoms with Gasteiger partial charge in [-0.1, -0.05) is 0 Å². The van der Waals surface area contributed by atoms with Crippen LogP contribution in [0.4, 0.5) is 14.5 Å². The summed E-state index contributed by atoms with van der Waals surface area (Å²) in [5, 5.41) is 8.40. The molecule has 0 saturated carbocycles. The molecule has 13 heavy (non-hydrogen) atoms. The molecule has 0 saturated heterocycles. The van der Waals surface area contributed by atoms with Gasteiger partial charge in [-0.2, -0.15) is 5.26 Å². The number of H-pyrrole nitrogens is 1. The van der Waals surface area contributed by atoms with E-state index in [-0.39, 0.29) is 11.4 Å². The first-order valence-corrected chi connectivity index (χ1v) is 3.27. The van der Waals surface area contributed by atoms with Crippen molar-refractivity contribution >= 4 is 5.69 Å². The monoisotopic (exact) mass is 185 g/mol. The highest BCUT2D eigenvalue weighted by atomic mass is 19.3. The normalized spacial score (nSPS) is 10.0. The lowest BCUT2D eigenvalue weighted by Gasteiger charge is -2.01. The number of nitrogens with two attached hydrogens (primary N) is 1. The van der Waals surface area contributed by atoms with Crippen LogP contribution in [0, 0.1) is 11.3 Å². The van der Waals surface area contributed by atoms with Crippen molar-refractivity contribution in [1.29, 1.82) is 5.26 Å². The first-order valence-electron chi connectivity index (χ1n) is 3.27. The minimum Gasteiger partial charge on any atom is -0.393 e. The molecule has 0 aliphatic heterocycles. The van der Waals surface area contributed by atoms with Crippen molar-refractivity contribution in [2.24, 2.45) is 0 Å². The number of nitrogens with zero attached hydrogens (tertiary/aromatic N) is 1. The molecule has 4 nitrogen and oxygen atoms in total. The molecule has 3 N–H and O–H groups in total. The smallest absolute Gasteiger partial charge is 0.278 e. The van der Waals surface area contributed by atoms with Crippen LogP contribution in [0.1, 0.15) is 17.8 Å².